The van der Waals surface area contributed by atoms with Crippen molar-refractivity contribution in [2.45, 2.75) is 6.36 Å². The molecule has 9 heteroatoms. The third-order valence-electron chi connectivity index (χ3n) is 3.22. The van der Waals surface area contributed by atoms with E-state index in [9.17, 15) is 18.0 Å². The van der Waals surface area contributed by atoms with Crippen LogP contribution in [0.3, 0.4) is 0 Å². The van der Waals surface area contributed by atoms with Crippen LogP contribution in [-0.2, 0) is 0 Å². The normalized spacial score (nSPS) is 11.5. The van der Waals surface area contributed by atoms with Gasteiger partial charge in [-0.05, 0) is 18.2 Å². The number of halogens is 3. The summed E-state index contributed by atoms with van der Waals surface area (Å²) in [5.74, 6) is 5.33. The lowest BCUT2D eigenvalue weighted by Crippen LogP contribution is -2.28. The zero-order chi connectivity index (χ0) is 17.3. The van der Waals surface area contributed by atoms with Crippen molar-refractivity contribution in [3.05, 3.63) is 65.5 Å². The van der Waals surface area contributed by atoms with Crippen LogP contribution in [0.25, 0.3) is 16.9 Å². The minimum atomic E-state index is -4.81. The minimum Gasteiger partial charge on any atom is -0.406 e. The van der Waals surface area contributed by atoms with E-state index < -0.39 is 17.7 Å². The van der Waals surface area contributed by atoms with Crippen LogP contribution in [0.5, 0.6) is 5.75 Å². The molecule has 0 atom stereocenters. The lowest BCUT2D eigenvalue weighted by Gasteiger charge is -2.13. The molecule has 1 aromatic carbocycles. The number of hydrogen-bond acceptors (Lipinski definition) is 4. The Bertz CT molecular complexity index is 917. The second-order valence-electron chi connectivity index (χ2n) is 4.85. The quantitative estimate of drug-likeness (QED) is 0.745. The van der Waals surface area contributed by atoms with Crippen molar-refractivity contribution in [1.29, 1.82) is 0 Å². The number of nitrogens with zero attached hydrogens (tertiary/aromatic N) is 3. The summed E-state index contributed by atoms with van der Waals surface area (Å²) in [4.78, 5) is 15.9. The third-order valence-corrected chi connectivity index (χ3v) is 3.22. The molecule has 0 amide bonds. The lowest BCUT2D eigenvalue weighted by atomic mass is 10.1. The summed E-state index contributed by atoms with van der Waals surface area (Å²) in [6, 6.07) is 8.08. The topological polar surface area (TPSA) is 75.1 Å². The predicted molar refractivity (Wildman–Crippen MR) is 80.1 cm³/mol. The first-order valence-corrected chi connectivity index (χ1v) is 6.70. The smallest absolute Gasteiger partial charge is 0.406 e. The van der Waals surface area contributed by atoms with Gasteiger partial charge in [-0.3, -0.25) is 4.79 Å². The summed E-state index contributed by atoms with van der Waals surface area (Å²) in [5, 5.41) is 0. The fourth-order valence-corrected chi connectivity index (χ4v) is 2.20. The third kappa shape index (κ3) is 3.24. The van der Waals surface area contributed by atoms with Crippen LogP contribution >= 0.6 is 0 Å². The number of aromatic nitrogens is 3. The molecule has 0 saturated carbocycles. The summed E-state index contributed by atoms with van der Waals surface area (Å²) >= 11 is 0. The van der Waals surface area contributed by atoms with Crippen molar-refractivity contribution < 1.29 is 17.9 Å². The summed E-state index contributed by atoms with van der Waals surface area (Å²) in [7, 11) is 0. The standard InChI is InChI=1S/C15H11F3N4O2/c16-15(17,18)24-12-3-1-2-10(6-12)13-7-11(8-14(23)22(13)19)21-5-4-20-9-21/h1-9H,19H2. The van der Waals surface area contributed by atoms with Crippen molar-refractivity contribution in [3.63, 3.8) is 0 Å². The summed E-state index contributed by atoms with van der Waals surface area (Å²) in [5.41, 5.74) is 0.506. The van der Waals surface area contributed by atoms with Gasteiger partial charge in [0.1, 0.15) is 5.75 Å². The zero-order valence-electron chi connectivity index (χ0n) is 12.1. The highest BCUT2D eigenvalue weighted by atomic mass is 19.4. The van der Waals surface area contributed by atoms with Gasteiger partial charge in [0, 0.05) is 24.0 Å². The Morgan fingerprint density at radius 3 is 2.62 bits per heavy atom. The van der Waals surface area contributed by atoms with E-state index in [2.05, 4.69) is 9.72 Å². The average Bonchev–Trinajstić information content (AvgIpc) is 3.02. The number of pyridine rings is 1. The molecule has 0 spiro atoms. The Balaban J connectivity index is 2.09. The molecular weight excluding hydrogens is 325 g/mol. The van der Waals surface area contributed by atoms with Gasteiger partial charge in [0.15, 0.2) is 0 Å². The first-order valence-electron chi connectivity index (χ1n) is 6.70. The van der Waals surface area contributed by atoms with Crippen LogP contribution in [0.1, 0.15) is 0 Å². The molecule has 2 aromatic heterocycles. The number of alkyl halides is 3. The van der Waals surface area contributed by atoms with E-state index in [-0.39, 0.29) is 5.69 Å². The molecule has 0 unspecified atom stereocenters. The van der Waals surface area contributed by atoms with Gasteiger partial charge >= 0.3 is 6.36 Å². The van der Waals surface area contributed by atoms with E-state index in [1.807, 2.05) is 0 Å². The fraction of sp³-hybridized carbons (Fsp3) is 0.0667. The first-order chi connectivity index (χ1) is 11.3. The fourth-order valence-electron chi connectivity index (χ4n) is 2.20. The Labute approximate surface area is 133 Å². The summed E-state index contributed by atoms with van der Waals surface area (Å²) in [6.07, 6.45) is -0.156. The Morgan fingerprint density at radius 2 is 1.96 bits per heavy atom. The SMILES string of the molecule is Nn1c(-c2cccc(OC(F)(F)F)c2)cc(-n2ccnc2)cc1=O. The molecular formula is C15H11F3N4O2. The van der Waals surface area contributed by atoms with E-state index >= 15 is 0 Å². The molecule has 0 aliphatic rings. The van der Waals surface area contributed by atoms with Gasteiger partial charge in [0.2, 0.25) is 0 Å². The molecule has 0 bridgehead atoms. The van der Waals surface area contributed by atoms with Gasteiger partial charge in [0.25, 0.3) is 5.56 Å². The molecule has 0 saturated heterocycles. The van der Waals surface area contributed by atoms with Gasteiger partial charge in [-0.1, -0.05) is 12.1 Å². The number of nitrogens with two attached hydrogens (primary N) is 1. The van der Waals surface area contributed by atoms with Gasteiger partial charge in [0.05, 0.1) is 17.7 Å². The molecule has 3 rings (SSSR count). The highest BCUT2D eigenvalue weighted by molar-refractivity contribution is 5.64. The number of nitrogen functional groups attached to an aromatic ring is 1. The van der Waals surface area contributed by atoms with Gasteiger partial charge < -0.3 is 15.1 Å². The summed E-state index contributed by atoms with van der Waals surface area (Å²) < 4.78 is 43.4. The highest BCUT2D eigenvalue weighted by Gasteiger charge is 2.31. The number of benzene rings is 1. The Kier molecular flexibility index (Phi) is 3.76. The second-order valence-corrected chi connectivity index (χ2v) is 4.85. The van der Waals surface area contributed by atoms with E-state index in [0.29, 0.717) is 11.3 Å². The van der Waals surface area contributed by atoms with Gasteiger partial charge in [-0.15, -0.1) is 13.2 Å². The van der Waals surface area contributed by atoms with E-state index in [0.717, 1.165) is 16.8 Å². The molecule has 0 aliphatic heterocycles. The molecule has 6 nitrogen and oxygen atoms in total. The zero-order valence-corrected chi connectivity index (χ0v) is 12.1. The molecule has 0 radical (unpaired) electrons. The monoisotopic (exact) mass is 336 g/mol. The van der Waals surface area contributed by atoms with Crippen LogP contribution in [0.15, 0.2) is 59.9 Å². The second kappa shape index (κ2) is 5.76. The van der Waals surface area contributed by atoms with Gasteiger partial charge in [-0.25, -0.2) is 9.66 Å². The predicted octanol–water partition coefficient (Wildman–Crippen LogP) is 2.31. The molecule has 0 fully saturated rings. The van der Waals surface area contributed by atoms with Crippen molar-refractivity contribution in [1.82, 2.24) is 14.2 Å². The van der Waals surface area contributed by atoms with Crippen molar-refractivity contribution in [2.75, 3.05) is 5.84 Å². The number of rotatable bonds is 3. The van der Waals surface area contributed by atoms with E-state index in [4.69, 9.17) is 5.84 Å². The summed E-state index contributed by atoms with van der Waals surface area (Å²) in [6.45, 7) is 0. The molecule has 124 valence electrons. The lowest BCUT2D eigenvalue weighted by molar-refractivity contribution is -0.274. The van der Waals surface area contributed by atoms with E-state index in [1.54, 1.807) is 16.8 Å². The van der Waals surface area contributed by atoms with Crippen LogP contribution in [-0.4, -0.2) is 20.6 Å². The Hall–Kier alpha value is -3.23. The van der Waals surface area contributed by atoms with E-state index in [1.165, 1.54) is 30.7 Å². The molecule has 24 heavy (non-hydrogen) atoms. The van der Waals surface area contributed by atoms with Crippen LogP contribution in [0.2, 0.25) is 0 Å². The number of ether oxygens (including phenoxy) is 1. The van der Waals surface area contributed by atoms with Crippen molar-refractivity contribution in [3.8, 4) is 22.7 Å². The maximum atomic E-state index is 12.4. The molecule has 3 aromatic rings. The maximum Gasteiger partial charge on any atom is 0.573 e. The number of hydrogen-bond donors (Lipinski definition) is 1. The van der Waals surface area contributed by atoms with Crippen LogP contribution in [0.4, 0.5) is 13.2 Å². The largest absolute Gasteiger partial charge is 0.573 e. The van der Waals surface area contributed by atoms with Crippen LogP contribution in [0, 0.1) is 0 Å². The molecule has 0 aliphatic carbocycles. The average molecular weight is 336 g/mol. The molecule has 2 heterocycles. The molecule has 2 N–H and O–H groups in total. The van der Waals surface area contributed by atoms with Crippen molar-refractivity contribution in [2.24, 2.45) is 0 Å². The Morgan fingerprint density at radius 1 is 1.17 bits per heavy atom. The highest BCUT2D eigenvalue weighted by Crippen LogP contribution is 2.27. The van der Waals surface area contributed by atoms with Crippen molar-refractivity contribution >= 4 is 0 Å². The maximum absolute atomic E-state index is 12.4. The van der Waals surface area contributed by atoms with Gasteiger partial charge in [-0.2, -0.15) is 0 Å². The first kappa shape index (κ1) is 15.7. The van der Waals surface area contributed by atoms with Crippen LogP contribution < -0.4 is 16.1 Å². The minimum absolute atomic E-state index is 0.235. The number of imidazole rings is 1.